The van der Waals surface area contributed by atoms with Gasteiger partial charge in [-0.1, -0.05) is 41.9 Å². The van der Waals surface area contributed by atoms with Gasteiger partial charge in [0.1, 0.15) is 24.3 Å². The smallest absolute Gasteiger partial charge is 0.227 e. The van der Waals surface area contributed by atoms with E-state index < -0.39 is 6.10 Å². The molecule has 0 unspecified atom stereocenters. The Morgan fingerprint density at radius 1 is 1.12 bits per heavy atom. The normalized spacial score (nSPS) is 16.9. The maximum absolute atomic E-state index is 12.8. The predicted molar refractivity (Wildman–Crippen MR) is 134 cm³/mol. The molecule has 2 atom stereocenters. The zero-order valence-corrected chi connectivity index (χ0v) is 19.7. The summed E-state index contributed by atoms with van der Waals surface area (Å²) in [4.78, 5) is 19.5. The molecular weight excluding hydrogens is 450 g/mol. The molecule has 0 spiro atoms. The largest absolute Gasteiger partial charge is 0.491 e. The Morgan fingerprint density at radius 2 is 1.88 bits per heavy atom. The Hall–Kier alpha value is -3.35. The second kappa shape index (κ2) is 9.49. The average molecular weight is 476 g/mol. The number of imidazole rings is 1. The molecule has 1 aliphatic heterocycles. The highest BCUT2D eigenvalue weighted by Crippen LogP contribution is 2.33. The van der Waals surface area contributed by atoms with Gasteiger partial charge in [-0.3, -0.25) is 4.79 Å². The van der Waals surface area contributed by atoms with E-state index in [4.69, 9.17) is 21.3 Å². The van der Waals surface area contributed by atoms with Gasteiger partial charge in [0, 0.05) is 29.6 Å². The summed E-state index contributed by atoms with van der Waals surface area (Å²) in [5.74, 6) is 1.50. The van der Waals surface area contributed by atoms with Crippen molar-refractivity contribution in [1.82, 2.24) is 9.55 Å². The van der Waals surface area contributed by atoms with Crippen molar-refractivity contribution in [2.75, 3.05) is 18.1 Å². The van der Waals surface area contributed by atoms with Gasteiger partial charge in [0.2, 0.25) is 5.91 Å². The number of ether oxygens (including phenoxy) is 1. The van der Waals surface area contributed by atoms with Crippen LogP contribution in [-0.4, -0.2) is 39.8 Å². The van der Waals surface area contributed by atoms with Crippen molar-refractivity contribution >= 4 is 34.2 Å². The van der Waals surface area contributed by atoms with Crippen LogP contribution < -0.4 is 9.64 Å². The molecule has 4 aromatic rings. The van der Waals surface area contributed by atoms with Gasteiger partial charge in [0.15, 0.2) is 0 Å². The SMILES string of the molecule is Cc1cc(OC[C@H](O)Cn2c([C@H]3CC(=O)N(c4ccccc4)C3)nc3ccccc32)ccc1Cl. The summed E-state index contributed by atoms with van der Waals surface area (Å²) in [7, 11) is 0. The van der Waals surface area contributed by atoms with Crippen molar-refractivity contribution in [2.24, 2.45) is 0 Å². The van der Waals surface area contributed by atoms with E-state index in [1.807, 2.05) is 77.1 Å². The molecule has 34 heavy (non-hydrogen) atoms. The molecule has 1 saturated heterocycles. The first kappa shape index (κ1) is 22.4. The second-order valence-corrected chi connectivity index (χ2v) is 9.09. The number of fused-ring (bicyclic) bond motifs is 1. The summed E-state index contributed by atoms with van der Waals surface area (Å²) >= 11 is 6.09. The van der Waals surface area contributed by atoms with Crippen LogP contribution in [0.2, 0.25) is 5.02 Å². The molecule has 3 aromatic carbocycles. The fourth-order valence-electron chi connectivity index (χ4n) is 4.50. The van der Waals surface area contributed by atoms with E-state index in [0.29, 0.717) is 30.3 Å². The molecule has 1 fully saturated rings. The van der Waals surface area contributed by atoms with Gasteiger partial charge in [-0.05, 0) is 55.0 Å². The first-order valence-electron chi connectivity index (χ1n) is 11.4. The third-order valence-corrected chi connectivity index (χ3v) is 6.63. The van der Waals surface area contributed by atoms with Crippen molar-refractivity contribution in [3.05, 3.63) is 89.2 Å². The molecule has 5 rings (SSSR count). The van der Waals surface area contributed by atoms with Crippen molar-refractivity contribution < 1.29 is 14.6 Å². The van der Waals surface area contributed by atoms with Gasteiger partial charge < -0.3 is 19.3 Å². The van der Waals surface area contributed by atoms with Crippen LogP contribution in [0.1, 0.15) is 23.7 Å². The monoisotopic (exact) mass is 475 g/mol. The molecule has 6 nitrogen and oxygen atoms in total. The number of carbonyl (C=O) groups excluding carboxylic acids is 1. The van der Waals surface area contributed by atoms with Gasteiger partial charge in [0.05, 0.1) is 17.6 Å². The summed E-state index contributed by atoms with van der Waals surface area (Å²) in [5, 5.41) is 11.5. The number of carbonyl (C=O) groups is 1. The van der Waals surface area contributed by atoms with Crippen molar-refractivity contribution in [2.45, 2.75) is 31.9 Å². The molecule has 1 aliphatic rings. The van der Waals surface area contributed by atoms with E-state index in [2.05, 4.69) is 0 Å². The maximum Gasteiger partial charge on any atom is 0.227 e. The number of hydrogen-bond donors (Lipinski definition) is 1. The summed E-state index contributed by atoms with van der Waals surface area (Å²) in [6, 6.07) is 23.0. The number of anilines is 1. The minimum atomic E-state index is -0.755. The van der Waals surface area contributed by atoms with Gasteiger partial charge in [-0.15, -0.1) is 0 Å². The average Bonchev–Trinajstić information content (AvgIpc) is 3.41. The number of aliphatic hydroxyl groups is 1. The third kappa shape index (κ3) is 4.52. The van der Waals surface area contributed by atoms with Crippen LogP contribution in [0.3, 0.4) is 0 Å². The number of hydrogen-bond acceptors (Lipinski definition) is 4. The Balaban J connectivity index is 1.37. The number of amides is 1. The molecule has 174 valence electrons. The highest BCUT2D eigenvalue weighted by molar-refractivity contribution is 6.31. The minimum absolute atomic E-state index is 0.0628. The molecule has 0 aliphatic carbocycles. The van der Waals surface area contributed by atoms with E-state index in [1.165, 1.54) is 0 Å². The van der Waals surface area contributed by atoms with Crippen molar-refractivity contribution in [3.63, 3.8) is 0 Å². The Morgan fingerprint density at radius 3 is 2.68 bits per heavy atom. The Labute approximate surface area is 203 Å². The molecule has 0 bridgehead atoms. The van der Waals surface area contributed by atoms with E-state index in [-0.39, 0.29) is 18.4 Å². The predicted octanol–water partition coefficient (Wildman–Crippen LogP) is 4.96. The molecule has 0 saturated carbocycles. The van der Waals surface area contributed by atoms with Crippen molar-refractivity contribution in [3.8, 4) is 5.75 Å². The quantitative estimate of drug-likeness (QED) is 0.410. The first-order valence-corrected chi connectivity index (χ1v) is 11.7. The first-order chi connectivity index (χ1) is 16.5. The lowest BCUT2D eigenvalue weighted by atomic mass is 10.1. The zero-order chi connectivity index (χ0) is 23.7. The topological polar surface area (TPSA) is 67.6 Å². The minimum Gasteiger partial charge on any atom is -0.491 e. The fraction of sp³-hybridized carbons (Fsp3) is 0.259. The van der Waals surface area contributed by atoms with Crippen LogP contribution in [-0.2, 0) is 11.3 Å². The van der Waals surface area contributed by atoms with Crippen LogP contribution in [0.15, 0.2) is 72.8 Å². The molecule has 1 aromatic heterocycles. The maximum atomic E-state index is 12.8. The fourth-order valence-corrected chi connectivity index (χ4v) is 4.62. The lowest BCUT2D eigenvalue weighted by Crippen LogP contribution is -2.26. The van der Waals surface area contributed by atoms with E-state index in [1.54, 1.807) is 12.1 Å². The molecule has 0 radical (unpaired) electrons. The number of nitrogens with zero attached hydrogens (tertiary/aromatic N) is 3. The van der Waals surface area contributed by atoms with Gasteiger partial charge in [-0.2, -0.15) is 0 Å². The zero-order valence-electron chi connectivity index (χ0n) is 18.9. The lowest BCUT2D eigenvalue weighted by Gasteiger charge is -2.19. The van der Waals surface area contributed by atoms with Crippen LogP contribution in [0.5, 0.6) is 5.75 Å². The summed E-state index contributed by atoms with van der Waals surface area (Å²) in [6.07, 6.45) is -0.371. The molecule has 1 amide bonds. The third-order valence-electron chi connectivity index (χ3n) is 6.21. The summed E-state index contributed by atoms with van der Waals surface area (Å²) in [6.45, 7) is 2.92. The number of benzene rings is 3. The second-order valence-electron chi connectivity index (χ2n) is 8.69. The number of aromatic nitrogens is 2. The van der Waals surface area contributed by atoms with Crippen molar-refractivity contribution in [1.29, 1.82) is 0 Å². The van der Waals surface area contributed by atoms with Crippen LogP contribution >= 0.6 is 11.6 Å². The Kier molecular flexibility index (Phi) is 6.26. The highest BCUT2D eigenvalue weighted by atomic mass is 35.5. The van der Waals surface area contributed by atoms with Crippen LogP contribution in [0.25, 0.3) is 11.0 Å². The number of halogens is 1. The standard InChI is InChI=1S/C27H26ClN3O3/c1-18-13-22(11-12-23(18)28)34-17-21(32)16-31-25-10-6-5-9-24(25)29-27(31)19-14-26(33)30(15-19)20-7-3-2-4-8-20/h2-13,19,21,32H,14-17H2,1H3/t19-,21+/m0/s1. The van der Waals surface area contributed by atoms with Gasteiger partial charge >= 0.3 is 0 Å². The van der Waals surface area contributed by atoms with Gasteiger partial charge in [0.25, 0.3) is 0 Å². The number of aryl methyl sites for hydroxylation is 1. The van der Waals surface area contributed by atoms with Crippen LogP contribution in [0.4, 0.5) is 5.69 Å². The van der Waals surface area contributed by atoms with Crippen LogP contribution in [0, 0.1) is 6.92 Å². The number of para-hydroxylation sites is 3. The van der Waals surface area contributed by atoms with E-state index >= 15 is 0 Å². The number of rotatable bonds is 7. The highest BCUT2D eigenvalue weighted by Gasteiger charge is 2.35. The van der Waals surface area contributed by atoms with E-state index in [9.17, 15) is 9.90 Å². The van der Waals surface area contributed by atoms with Gasteiger partial charge in [-0.25, -0.2) is 4.98 Å². The lowest BCUT2D eigenvalue weighted by molar-refractivity contribution is -0.117. The van der Waals surface area contributed by atoms with E-state index in [0.717, 1.165) is 28.1 Å². The molecular formula is C27H26ClN3O3. The summed E-state index contributed by atoms with van der Waals surface area (Å²) < 4.78 is 7.85. The summed E-state index contributed by atoms with van der Waals surface area (Å²) in [5.41, 5.74) is 3.60. The molecule has 2 heterocycles. The Bertz CT molecular complexity index is 1320. The molecule has 1 N–H and O–H groups in total. The molecule has 7 heteroatoms. The number of aliphatic hydroxyl groups excluding tert-OH is 1.